The molecule has 0 amide bonds. The van der Waals surface area contributed by atoms with Gasteiger partial charge in [-0.15, -0.1) is 0 Å². The Bertz CT molecular complexity index is 292. The zero-order valence-electron chi connectivity index (χ0n) is 7.38. The van der Waals surface area contributed by atoms with Gasteiger partial charge in [0.15, 0.2) is 6.10 Å². The molecule has 0 fully saturated rings. The lowest BCUT2D eigenvalue weighted by atomic mass is 10.1. The smallest absolute Gasteiger partial charge is 0.418 e. The molecule has 14 heavy (non-hydrogen) atoms. The fourth-order valence-electron chi connectivity index (χ4n) is 0.975. The highest BCUT2D eigenvalue weighted by Gasteiger charge is 2.39. The molecule has 0 aliphatic carbocycles. The third-order valence-electron chi connectivity index (χ3n) is 1.74. The van der Waals surface area contributed by atoms with Gasteiger partial charge in [-0.25, -0.2) is 0 Å². The van der Waals surface area contributed by atoms with Crippen molar-refractivity contribution in [1.82, 2.24) is 0 Å². The zero-order chi connectivity index (χ0) is 10.8. The van der Waals surface area contributed by atoms with Crippen molar-refractivity contribution in [2.45, 2.75) is 12.3 Å². The van der Waals surface area contributed by atoms with Crippen LogP contribution >= 0.6 is 0 Å². The van der Waals surface area contributed by atoms with Gasteiger partial charge in [-0.1, -0.05) is 12.1 Å². The lowest BCUT2D eigenvalue weighted by Gasteiger charge is -2.14. The summed E-state index contributed by atoms with van der Waals surface area (Å²) in [7, 11) is 1.41. The van der Waals surface area contributed by atoms with Gasteiger partial charge in [-0.2, -0.15) is 13.2 Å². The molecule has 1 aromatic carbocycles. The summed E-state index contributed by atoms with van der Waals surface area (Å²) in [6.07, 6.45) is -7.07. The van der Waals surface area contributed by atoms with E-state index >= 15 is 0 Å². The van der Waals surface area contributed by atoms with E-state index in [4.69, 9.17) is 9.84 Å². The Kier molecular flexibility index (Phi) is 3.00. The molecule has 0 heterocycles. The van der Waals surface area contributed by atoms with Crippen LogP contribution in [0.1, 0.15) is 11.7 Å². The first-order valence-electron chi connectivity index (χ1n) is 3.84. The summed E-state index contributed by atoms with van der Waals surface area (Å²) in [6, 6.07) is 5.09. The fraction of sp³-hybridized carbons (Fsp3) is 0.333. The van der Waals surface area contributed by atoms with E-state index in [1.165, 1.54) is 31.4 Å². The van der Waals surface area contributed by atoms with E-state index in [1.807, 2.05) is 0 Å². The van der Waals surface area contributed by atoms with Crippen molar-refractivity contribution >= 4 is 0 Å². The van der Waals surface area contributed by atoms with Crippen molar-refractivity contribution in [3.05, 3.63) is 29.8 Å². The first-order chi connectivity index (χ1) is 6.45. The summed E-state index contributed by atoms with van der Waals surface area (Å²) in [5.41, 5.74) is -0.196. The normalized spacial score (nSPS) is 13.8. The van der Waals surface area contributed by atoms with Crippen LogP contribution in [0.15, 0.2) is 24.3 Å². The molecule has 1 N–H and O–H groups in total. The van der Waals surface area contributed by atoms with E-state index in [9.17, 15) is 13.2 Å². The standard InChI is InChI=1S/C9H9F3O2/c1-14-7-4-2-6(3-5-7)8(13)9(10,11)12/h2-5,8,13H,1H3/i10-1. The molecule has 1 unspecified atom stereocenters. The van der Waals surface area contributed by atoms with Crippen LogP contribution < -0.4 is 4.74 Å². The minimum atomic E-state index is -4.63. The number of aliphatic hydroxyl groups is 1. The average Bonchev–Trinajstić information content (AvgIpc) is 2.15. The molecule has 0 bridgehead atoms. The summed E-state index contributed by atoms with van der Waals surface area (Å²) in [5, 5.41) is 8.85. The number of hydrogen-bond donors (Lipinski definition) is 1. The lowest BCUT2D eigenvalue weighted by molar-refractivity contribution is -0.206. The molecule has 0 radical (unpaired) electrons. The largest absolute Gasteiger partial charge is 0.497 e. The van der Waals surface area contributed by atoms with Gasteiger partial charge in [-0.05, 0) is 17.7 Å². The van der Waals surface area contributed by atoms with Gasteiger partial charge in [-0.3, -0.25) is 0 Å². The summed E-state index contributed by atoms with van der Waals surface area (Å²) >= 11 is 0. The van der Waals surface area contributed by atoms with Crippen molar-refractivity contribution in [1.29, 1.82) is 0 Å². The average molecular weight is 205 g/mol. The Labute approximate surface area is 78.9 Å². The van der Waals surface area contributed by atoms with Crippen LogP contribution in [0.2, 0.25) is 0 Å². The van der Waals surface area contributed by atoms with Gasteiger partial charge in [0, 0.05) is 0 Å². The van der Waals surface area contributed by atoms with Gasteiger partial charge < -0.3 is 9.84 Å². The number of halogens is 3. The highest BCUT2D eigenvalue weighted by Crippen LogP contribution is 2.32. The van der Waals surface area contributed by atoms with Crippen molar-refractivity contribution in [3.63, 3.8) is 0 Å². The highest BCUT2D eigenvalue weighted by molar-refractivity contribution is 5.28. The molecule has 2 nitrogen and oxygen atoms in total. The molecule has 0 aromatic heterocycles. The van der Waals surface area contributed by atoms with Crippen LogP contribution in [0.4, 0.5) is 13.2 Å². The van der Waals surface area contributed by atoms with Crippen molar-refractivity contribution in [3.8, 4) is 5.75 Å². The van der Waals surface area contributed by atoms with Crippen molar-refractivity contribution in [2.24, 2.45) is 0 Å². The second-order valence-corrected chi connectivity index (χ2v) is 2.72. The minimum absolute atomic E-state index is 0.196. The molecule has 1 aromatic rings. The second-order valence-electron chi connectivity index (χ2n) is 2.72. The van der Waals surface area contributed by atoms with Gasteiger partial charge in [0.1, 0.15) is 5.75 Å². The van der Waals surface area contributed by atoms with E-state index < -0.39 is 12.3 Å². The fourth-order valence-corrected chi connectivity index (χ4v) is 0.975. The van der Waals surface area contributed by atoms with Crippen molar-refractivity contribution < 1.29 is 23.0 Å². The lowest BCUT2D eigenvalue weighted by Crippen LogP contribution is -2.19. The van der Waals surface area contributed by atoms with Crippen molar-refractivity contribution in [2.75, 3.05) is 7.11 Å². The molecular formula is C9H9F3O2. The molecule has 0 spiro atoms. The molecule has 5 heteroatoms. The van der Waals surface area contributed by atoms with Crippen LogP contribution in [-0.4, -0.2) is 18.4 Å². The number of ether oxygens (including phenoxy) is 1. The molecule has 1 atom stereocenters. The number of rotatable bonds is 2. The predicted octanol–water partition coefficient (Wildman–Crippen LogP) is 2.29. The molecule has 0 aliphatic rings. The number of methoxy groups -OCH3 is 1. The number of aliphatic hydroxyl groups excluding tert-OH is 1. The van der Waals surface area contributed by atoms with Crippen LogP contribution in [-0.2, 0) is 0 Å². The molecule has 78 valence electrons. The Morgan fingerprint density at radius 3 is 2.07 bits per heavy atom. The summed E-state index contributed by atoms with van der Waals surface area (Å²) in [6.45, 7) is 0. The molecule has 1 rings (SSSR count). The summed E-state index contributed by atoms with van der Waals surface area (Å²) < 4.78 is 40.9. The summed E-state index contributed by atoms with van der Waals surface area (Å²) in [5.74, 6) is 0.447. The van der Waals surface area contributed by atoms with Gasteiger partial charge in [0.25, 0.3) is 0 Å². The molecule has 0 saturated heterocycles. The first kappa shape index (κ1) is 10.8. The predicted molar refractivity (Wildman–Crippen MR) is 44.0 cm³/mol. The van der Waals surface area contributed by atoms with Gasteiger partial charge in [0.05, 0.1) is 7.11 Å². The van der Waals surface area contributed by atoms with E-state index in [-0.39, 0.29) is 5.56 Å². The van der Waals surface area contributed by atoms with Gasteiger partial charge >= 0.3 is 6.18 Å². The second kappa shape index (κ2) is 3.88. The Morgan fingerprint density at radius 1 is 1.21 bits per heavy atom. The van der Waals surface area contributed by atoms with E-state index in [0.717, 1.165) is 0 Å². The molecular weight excluding hydrogens is 196 g/mol. The van der Waals surface area contributed by atoms with Crippen LogP contribution in [0, 0.1) is 0 Å². The Hall–Kier alpha value is -1.23. The number of benzene rings is 1. The van der Waals surface area contributed by atoms with Crippen LogP contribution in [0.5, 0.6) is 5.75 Å². The third-order valence-corrected chi connectivity index (χ3v) is 1.74. The highest BCUT2D eigenvalue weighted by atomic mass is 19.3. The Morgan fingerprint density at radius 2 is 1.71 bits per heavy atom. The first-order valence-corrected chi connectivity index (χ1v) is 3.84. The SMILES string of the molecule is COc1ccc(C(O)C(F)(F)[18F])cc1. The van der Waals surface area contributed by atoms with E-state index in [1.54, 1.807) is 0 Å². The van der Waals surface area contributed by atoms with Gasteiger partial charge in [0.2, 0.25) is 0 Å². The van der Waals surface area contributed by atoms with E-state index in [0.29, 0.717) is 5.75 Å². The van der Waals surface area contributed by atoms with E-state index in [2.05, 4.69) is 0 Å². The Balaban J connectivity index is 2.87. The third kappa shape index (κ3) is 2.38. The molecule has 0 aliphatic heterocycles. The maximum Gasteiger partial charge on any atom is 0.418 e. The van der Waals surface area contributed by atoms with Crippen LogP contribution in [0.3, 0.4) is 0 Å². The monoisotopic (exact) mass is 205 g/mol. The number of alkyl halides is 3. The topological polar surface area (TPSA) is 29.5 Å². The minimum Gasteiger partial charge on any atom is -0.497 e. The quantitative estimate of drug-likeness (QED) is 0.802. The molecule has 0 saturated carbocycles. The maximum absolute atomic E-state index is 12.0. The number of hydrogen-bond acceptors (Lipinski definition) is 2. The summed E-state index contributed by atoms with van der Waals surface area (Å²) in [4.78, 5) is 0. The maximum atomic E-state index is 12.0. The van der Waals surface area contributed by atoms with Crippen LogP contribution in [0.25, 0.3) is 0 Å². The zero-order valence-corrected chi connectivity index (χ0v) is 7.38.